The number of nitrogens with zero attached hydrogens (tertiary/aromatic N) is 2. The van der Waals surface area contributed by atoms with E-state index in [0.29, 0.717) is 31.2 Å². The number of primary amides is 1. The number of halogens is 1. The second kappa shape index (κ2) is 7.58. The quantitative estimate of drug-likeness (QED) is 0.805. The maximum Gasteiger partial charge on any atom is 0.327 e. The van der Waals surface area contributed by atoms with Gasteiger partial charge in [-0.25, -0.2) is 4.79 Å². The zero-order valence-corrected chi connectivity index (χ0v) is 13.3. The van der Waals surface area contributed by atoms with Crippen LogP contribution < -0.4 is 5.73 Å². The number of amides is 1. The first-order valence-electron chi connectivity index (χ1n) is 7.10. The van der Waals surface area contributed by atoms with Crippen LogP contribution in [0, 0.1) is 0 Å². The molecule has 0 aromatic heterocycles. The Balaban J connectivity index is 2.13. The van der Waals surface area contributed by atoms with Gasteiger partial charge in [0.2, 0.25) is 5.91 Å². The van der Waals surface area contributed by atoms with E-state index in [2.05, 4.69) is 0 Å². The zero-order valence-electron chi connectivity index (χ0n) is 12.5. The van der Waals surface area contributed by atoms with Crippen molar-refractivity contribution in [2.45, 2.75) is 6.04 Å². The molecule has 1 aliphatic heterocycles. The molecule has 22 heavy (non-hydrogen) atoms. The summed E-state index contributed by atoms with van der Waals surface area (Å²) in [5, 5.41) is 0.539. The topological polar surface area (TPSA) is 75.9 Å². The summed E-state index contributed by atoms with van der Waals surface area (Å²) in [6, 6.07) is 6.73. The molecule has 2 rings (SSSR count). The van der Waals surface area contributed by atoms with Crippen LogP contribution in [0.5, 0.6) is 0 Å². The maximum absolute atomic E-state index is 12.2. The standard InChI is InChI=1S/C15H20ClN3O3/c1-22-15(21)14(11-4-2-3-5-12(11)16)19-8-6-18(7-9-19)10-13(17)20/h2-5,14H,6-10H2,1H3,(H2,17,20)/t14-/m0/s1. The molecule has 2 N–H and O–H groups in total. The molecule has 1 heterocycles. The fraction of sp³-hybridized carbons (Fsp3) is 0.467. The van der Waals surface area contributed by atoms with E-state index in [1.807, 2.05) is 28.0 Å². The molecule has 1 saturated heterocycles. The highest BCUT2D eigenvalue weighted by Crippen LogP contribution is 2.29. The normalized spacial score (nSPS) is 17.9. The first kappa shape index (κ1) is 16.7. The Kier molecular flexibility index (Phi) is 5.76. The third-order valence-corrected chi connectivity index (χ3v) is 4.12. The van der Waals surface area contributed by atoms with E-state index in [4.69, 9.17) is 22.1 Å². The number of esters is 1. The summed E-state index contributed by atoms with van der Waals surface area (Å²) in [4.78, 5) is 27.2. The fourth-order valence-electron chi connectivity index (χ4n) is 2.68. The predicted molar refractivity (Wildman–Crippen MR) is 83.4 cm³/mol. The monoisotopic (exact) mass is 325 g/mol. The van der Waals surface area contributed by atoms with Gasteiger partial charge in [-0.2, -0.15) is 0 Å². The van der Waals surface area contributed by atoms with Crippen LogP contribution in [0.4, 0.5) is 0 Å². The number of piperazine rings is 1. The summed E-state index contributed by atoms with van der Waals surface area (Å²) in [5.41, 5.74) is 5.95. The van der Waals surface area contributed by atoms with E-state index in [-0.39, 0.29) is 18.4 Å². The Bertz CT molecular complexity index is 545. The third-order valence-electron chi connectivity index (χ3n) is 3.78. The van der Waals surface area contributed by atoms with Crippen LogP contribution in [-0.2, 0) is 14.3 Å². The number of carbonyl (C=O) groups excluding carboxylic acids is 2. The first-order chi connectivity index (χ1) is 10.5. The van der Waals surface area contributed by atoms with Gasteiger partial charge >= 0.3 is 5.97 Å². The summed E-state index contributed by atoms with van der Waals surface area (Å²) in [6.07, 6.45) is 0. The molecule has 120 valence electrons. The molecule has 0 aliphatic carbocycles. The lowest BCUT2D eigenvalue weighted by Crippen LogP contribution is -2.51. The molecule has 1 aromatic rings. The van der Waals surface area contributed by atoms with Crippen molar-refractivity contribution in [3.63, 3.8) is 0 Å². The molecule has 0 radical (unpaired) electrons. The Hall–Kier alpha value is -1.63. The van der Waals surface area contributed by atoms with Gasteiger partial charge < -0.3 is 10.5 Å². The second-order valence-corrected chi connectivity index (χ2v) is 5.63. The Morgan fingerprint density at radius 2 is 1.91 bits per heavy atom. The molecule has 0 unspecified atom stereocenters. The van der Waals surface area contributed by atoms with Crippen LogP contribution in [0.1, 0.15) is 11.6 Å². The van der Waals surface area contributed by atoms with E-state index >= 15 is 0 Å². The van der Waals surface area contributed by atoms with Gasteiger partial charge in [-0.1, -0.05) is 29.8 Å². The number of carbonyl (C=O) groups is 2. The summed E-state index contributed by atoms with van der Waals surface area (Å²) in [5.74, 6) is -0.680. The molecule has 0 spiro atoms. The van der Waals surface area contributed by atoms with E-state index < -0.39 is 6.04 Å². The van der Waals surface area contributed by atoms with E-state index in [0.717, 1.165) is 5.56 Å². The SMILES string of the molecule is COC(=O)[C@H](c1ccccc1Cl)N1CCN(CC(N)=O)CC1. The lowest BCUT2D eigenvalue weighted by Gasteiger charge is -2.38. The van der Waals surface area contributed by atoms with Crippen LogP contribution in [0.2, 0.25) is 5.02 Å². The smallest absolute Gasteiger partial charge is 0.327 e. The number of benzene rings is 1. The molecular formula is C15H20ClN3O3. The lowest BCUT2D eigenvalue weighted by molar-refractivity contribution is -0.148. The first-order valence-corrected chi connectivity index (χ1v) is 7.47. The van der Waals surface area contributed by atoms with Crippen LogP contribution in [0.15, 0.2) is 24.3 Å². The number of rotatable bonds is 5. The largest absolute Gasteiger partial charge is 0.468 e. The highest BCUT2D eigenvalue weighted by Gasteiger charge is 2.32. The van der Waals surface area contributed by atoms with Gasteiger partial charge in [0.25, 0.3) is 0 Å². The van der Waals surface area contributed by atoms with Gasteiger partial charge in [0.1, 0.15) is 6.04 Å². The average Bonchev–Trinajstić information content (AvgIpc) is 2.50. The van der Waals surface area contributed by atoms with Gasteiger partial charge in [0.15, 0.2) is 0 Å². The van der Waals surface area contributed by atoms with Gasteiger partial charge in [-0.3, -0.25) is 14.6 Å². The van der Waals surface area contributed by atoms with E-state index in [1.165, 1.54) is 7.11 Å². The number of methoxy groups -OCH3 is 1. The van der Waals surface area contributed by atoms with Crippen LogP contribution in [0.3, 0.4) is 0 Å². The lowest BCUT2D eigenvalue weighted by atomic mass is 10.0. The summed E-state index contributed by atoms with van der Waals surface area (Å²) in [7, 11) is 1.37. The second-order valence-electron chi connectivity index (χ2n) is 5.23. The van der Waals surface area contributed by atoms with Crippen molar-refractivity contribution in [3.05, 3.63) is 34.9 Å². The number of nitrogens with two attached hydrogens (primary N) is 1. The highest BCUT2D eigenvalue weighted by atomic mass is 35.5. The predicted octanol–water partition coefficient (Wildman–Crippen LogP) is 0.657. The summed E-state index contributed by atoms with van der Waals surface area (Å²) < 4.78 is 4.94. The van der Waals surface area contributed by atoms with Crippen molar-refractivity contribution < 1.29 is 14.3 Å². The molecule has 1 amide bonds. The van der Waals surface area contributed by atoms with Crippen molar-refractivity contribution in [2.75, 3.05) is 39.8 Å². The Morgan fingerprint density at radius 3 is 2.45 bits per heavy atom. The molecule has 1 atom stereocenters. The van der Waals surface area contributed by atoms with Crippen molar-refractivity contribution in [1.29, 1.82) is 0 Å². The minimum absolute atomic E-state index is 0.239. The fourth-order valence-corrected chi connectivity index (χ4v) is 2.92. The van der Waals surface area contributed by atoms with Crippen molar-refractivity contribution >= 4 is 23.5 Å². The molecule has 1 fully saturated rings. The zero-order chi connectivity index (χ0) is 16.1. The summed E-state index contributed by atoms with van der Waals surface area (Å²) in [6.45, 7) is 2.85. The van der Waals surface area contributed by atoms with E-state index in [1.54, 1.807) is 6.07 Å². The molecule has 7 heteroatoms. The third kappa shape index (κ3) is 3.97. The van der Waals surface area contributed by atoms with Crippen LogP contribution in [0.25, 0.3) is 0 Å². The number of hydrogen-bond donors (Lipinski definition) is 1. The maximum atomic E-state index is 12.2. The van der Waals surface area contributed by atoms with E-state index in [9.17, 15) is 9.59 Å². The molecule has 0 bridgehead atoms. The van der Waals surface area contributed by atoms with Crippen molar-refractivity contribution in [2.24, 2.45) is 5.73 Å². The van der Waals surface area contributed by atoms with Crippen molar-refractivity contribution in [3.8, 4) is 0 Å². The van der Waals surface area contributed by atoms with Gasteiger partial charge in [-0.05, 0) is 11.6 Å². The highest BCUT2D eigenvalue weighted by molar-refractivity contribution is 6.31. The molecule has 0 saturated carbocycles. The Labute approximate surface area is 134 Å². The number of hydrogen-bond acceptors (Lipinski definition) is 5. The molecule has 1 aromatic carbocycles. The van der Waals surface area contributed by atoms with Gasteiger partial charge in [0, 0.05) is 31.2 Å². The van der Waals surface area contributed by atoms with Gasteiger partial charge in [-0.15, -0.1) is 0 Å². The summed E-state index contributed by atoms with van der Waals surface area (Å²) >= 11 is 6.23. The van der Waals surface area contributed by atoms with Crippen LogP contribution >= 0.6 is 11.6 Å². The Morgan fingerprint density at radius 1 is 1.27 bits per heavy atom. The van der Waals surface area contributed by atoms with Gasteiger partial charge in [0.05, 0.1) is 13.7 Å². The minimum atomic E-state index is -0.533. The van der Waals surface area contributed by atoms with Crippen LogP contribution in [-0.4, -0.2) is 61.5 Å². The number of ether oxygens (including phenoxy) is 1. The molecular weight excluding hydrogens is 306 g/mol. The molecule has 6 nitrogen and oxygen atoms in total. The molecule has 1 aliphatic rings. The minimum Gasteiger partial charge on any atom is -0.468 e. The average molecular weight is 326 g/mol. The van der Waals surface area contributed by atoms with Crippen molar-refractivity contribution in [1.82, 2.24) is 9.80 Å².